The summed E-state index contributed by atoms with van der Waals surface area (Å²) in [4.78, 5) is 12.6. The molecular formula is C22H19FN4O. The van der Waals surface area contributed by atoms with Crippen LogP contribution in [-0.4, -0.2) is 10.6 Å². The van der Waals surface area contributed by atoms with Crippen LogP contribution >= 0.6 is 0 Å². The molecule has 0 radical (unpaired) electrons. The number of rotatable bonds is 4. The first-order valence-corrected chi connectivity index (χ1v) is 9.47. The van der Waals surface area contributed by atoms with Gasteiger partial charge in [-0.05, 0) is 30.9 Å². The standard InChI is InChI=1S/C22H19FN4O/c23-20-17(26-16-8-15(16)12-4-2-1-3-5-12)9-18-19(21(20)25)22(28)13(10-24)11-27(18)14-6-7-14/h1-5,9,11,14-16,26H,6-8,25H2/t15-,16+/m0/s1. The predicted molar refractivity (Wildman–Crippen MR) is 107 cm³/mol. The molecule has 0 amide bonds. The molecule has 2 aromatic carbocycles. The number of hydrogen-bond acceptors (Lipinski definition) is 4. The Labute approximate surface area is 161 Å². The third-order valence-electron chi connectivity index (χ3n) is 5.72. The van der Waals surface area contributed by atoms with Crippen LogP contribution in [0.5, 0.6) is 0 Å². The van der Waals surface area contributed by atoms with E-state index in [1.807, 2.05) is 28.8 Å². The summed E-state index contributed by atoms with van der Waals surface area (Å²) in [5.41, 5.74) is 7.46. The summed E-state index contributed by atoms with van der Waals surface area (Å²) < 4.78 is 16.9. The second kappa shape index (κ2) is 6.10. The van der Waals surface area contributed by atoms with Crippen LogP contribution in [0.25, 0.3) is 10.9 Å². The molecule has 2 saturated carbocycles. The summed E-state index contributed by atoms with van der Waals surface area (Å²) in [6, 6.07) is 14.1. The van der Waals surface area contributed by atoms with Gasteiger partial charge in [0.15, 0.2) is 5.82 Å². The Morgan fingerprint density at radius 3 is 2.68 bits per heavy atom. The maximum absolute atomic E-state index is 15.0. The van der Waals surface area contributed by atoms with Gasteiger partial charge in [-0.15, -0.1) is 0 Å². The molecule has 1 heterocycles. The number of nitrogen functional groups attached to an aromatic ring is 1. The van der Waals surface area contributed by atoms with E-state index >= 15 is 0 Å². The fourth-order valence-corrected chi connectivity index (χ4v) is 3.97. The lowest BCUT2D eigenvalue weighted by Crippen LogP contribution is -2.16. The first kappa shape index (κ1) is 16.8. The van der Waals surface area contributed by atoms with Crippen LogP contribution in [0.1, 0.15) is 42.3 Å². The Morgan fingerprint density at radius 1 is 1.25 bits per heavy atom. The smallest absolute Gasteiger partial charge is 0.209 e. The van der Waals surface area contributed by atoms with Gasteiger partial charge < -0.3 is 15.6 Å². The topological polar surface area (TPSA) is 83.8 Å². The van der Waals surface area contributed by atoms with Gasteiger partial charge in [0, 0.05) is 24.2 Å². The van der Waals surface area contributed by atoms with Crippen LogP contribution in [0.15, 0.2) is 47.4 Å². The van der Waals surface area contributed by atoms with Gasteiger partial charge in [0.2, 0.25) is 5.43 Å². The van der Waals surface area contributed by atoms with E-state index in [1.165, 1.54) is 5.56 Å². The van der Waals surface area contributed by atoms with Gasteiger partial charge in [-0.2, -0.15) is 5.26 Å². The number of nitrogens with two attached hydrogens (primary N) is 1. The lowest BCUT2D eigenvalue weighted by atomic mass is 10.1. The molecule has 2 aliphatic carbocycles. The van der Waals surface area contributed by atoms with Crippen molar-refractivity contribution in [3.8, 4) is 6.07 Å². The molecule has 28 heavy (non-hydrogen) atoms. The maximum atomic E-state index is 15.0. The number of anilines is 2. The number of nitrogens with one attached hydrogen (secondary N) is 1. The minimum Gasteiger partial charge on any atom is -0.396 e. The second-order valence-corrected chi connectivity index (χ2v) is 7.67. The molecule has 0 unspecified atom stereocenters. The molecule has 0 saturated heterocycles. The van der Waals surface area contributed by atoms with Crippen molar-refractivity contribution >= 4 is 22.3 Å². The van der Waals surface area contributed by atoms with E-state index in [1.54, 1.807) is 12.3 Å². The first-order valence-electron chi connectivity index (χ1n) is 9.47. The lowest BCUT2D eigenvalue weighted by Gasteiger charge is -2.16. The van der Waals surface area contributed by atoms with E-state index in [4.69, 9.17) is 5.73 Å². The highest BCUT2D eigenvalue weighted by atomic mass is 19.1. The van der Waals surface area contributed by atoms with Crippen LogP contribution in [0.3, 0.4) is 0 Å². The molecule has 5 rings (SSSR count). The van der Waals surface area contributed by atoms with Crippen LogP contribution in [0.2, 0.25) is 0 Å². The zero-order valence-electron chi connectivity index (χ0n) is 15.2. The third kappa shape index (κ3) is 2.63. The van der Waals surface area contributed by atoms with Gasteiger partial charge in [0.1, 0.15) is 11.6 Å². The second-order valence-electron chi connectivity index (χ2n) is 7.67. The molecule has 140 valence electrons. The summed E-state index contributed by atoms with van der Waals surface area (Å²) in [7, 11) is 0. The first-order chi connectivity index (χ1) is 13.6. The Kier molecular flexibility index (Phi) is 3.66. The highest BCUT2D eigenvalue weighted by Crippen LogP contribution is 2.44. The summed E-state index contributed by atoms with van der Waals surface area (Å²) in [6.45, 7) is 0. The van der Waals surface area contributed by atoms with Gasteiger partial charge in [-0.1, -0.05) is 30.3 Å². The average molecular weight is 374 g/mol. The van der Waals surface area contributed by atoms with Crippen molar-refractivity contribution < 1.29 is 4.39 Å². The highest BCUT2D eigenvalue weighted by Gasteiger charge is 2.39. The summed E-state index contributed by atoms with van der Waals surface area (Å²) in [6.07, 6.45) is 4.45. The van der Waals surface area contributed by atoms with E-state index in [9.17, 15) is 14.4 Å². The van der Waals surface area contributed by atoms with E-state index in [0.29, 0.717) is 17.1 Å². The molecule has 3 aromatic rings. The molecule has 2 fully saturated rings. The Hall–Kier alpha value is -3.33. The number of nitrogens with zero attached hydrogens (tertiary/aromatic N) is 2. The molecule has 2 aliphatic rings. The monoisotopic (exact) mass is 374 g/mol. The summed E-state index contributed by atoms with van der Waals surface area (Å²) >= 11 is 0. The van der Waals surface area contributed by atoms with Crippen molar-refractivity contribution in [1.82, 2.24) is 4.57 Å². The number of aromatic nitrogens is 1. The fraction of sp³-hybridized carbons (Fsp3) is 0.273. The van der Waals surface area contributed by atoms with E-state index in [0.717, 1.165) is 19.3 Å². The zero-order valence-corrected chi connectivity index (χ0v) is 15.2. The van der Waals surface area contributed by atoms with Gasteiger partial charge in [-0.3, -0.25) is 4.79 Å². The van der Waals surface area contributed by atoms with E-state index in [-0.39, 0.29) is 28.7 Å². The average Bonchev–Trinajstić information content (AvgIpc) is 3.61. The van der Waals surface area contributed by atoms with Crippen LogP contribution in [0, 0.1) is 17.1 Å². The van der Waals surface area contributed by atoms with Crippen molar-refractivity contribution in [2.24, 2.45) is 0 Å². The quantitative estimate of drug-likeness (QED) is 0.679. The van der Waals surface area contributed by atoms with Gasteiger partial charge in [-0.25, -0.2) is 4.39 Å². The molecule has 0 aliphatic heterocycles. The summed E-state index contributed by atoms with van der Waals surface area (Å²) in [5, 5.41) is 12.6. The van der Waals surface area contributed by atoms with E-state index in [2.05, 4.69) is 17.4 Å². The molecule has 1 aromatic heterocycles. The third-order valence-corrected chi connectivity index (χ3v) is 5.72. The van der Waals surface area contributed by atoms with Gasteiger partial charge in [0.05, 0.1) is 22.3 Å². The molecular weight excluding hydrogens is 355 g/mol. The molecule has 2 atom stereocenters. The van der Waals surface area contributed by atoms with Gasteiger partial charge >= 0.3 is 0 Å². The number of benzene rings is 2. The lowest BCUT2D eigenvalue weighted by molar-refractivity contribution is 0.635. The number of hydrogen-bond donors (Lipinski definition) is 2. The molecule has 5 nitrogen and oxygen atoms in total. The summed E-state index contributed by atoms with van der Waals surface area (Å²) in [5.74, 6) is -0.287. The van der Waals surface area contributed by atoms with Gasteiger partial charge in [0.25, 0.3) is 0 Å². The molecule has 6 heteroatoms. The van der Waals surface area contributed by atoms with E-state index < -0.39 is 11.2 Å². The SMILES string of the molecule is N#Cc1cn(C2CC2)c2cc(N[C@@H]3C[C@H]3c3ccccc3)c(F)c(N)c2c1=O. The maximum Gasteiger partial charge on any atom is 0.209 e. The number of halogens is 1. The minimum absolute atomic E-state index is 0.00227. The minimum atomic E-state index is -0.624. The Bertz CT molecular complexity index is 1190. The molecule has 0 bridgehead atoms. The van der Waals surface area contributed by atoms with Crippen molar-refractivity contribution in [3.63, 3.8) is 0 Å². The van der Waals surface area contributed by atoms with Crippen molar-refractivity contribution in [2.45, 2.75) is 37.3 Å². The number of pyridine rings is 1. The van der Waals surface area contributed by atoms with Crippen molar-refractivity contribution in [3.05, 3.63) is 69.8 Å². The number of nitriles is 1. The normalized spacial score (nSPS) is 20.7. The predicted octanol–water partition coefficient (Wildman–Crippen LogP) is 3.90. The zero-order chi connectivity index (χ0) is 19.4. The van der Waals surface area contributed by atoms with Crippen LogP contribution < -0.4 is 16.5 Å². The van der Waals surface area contributed by atoms with Crippen molar-refractivity contribution in [1.29, 1.82) is 5.26 Å². The van der Waals surface area contributed by atoms with Crippen molar-refractivity contribution in [2.75, 3.05) is 11.1 Å². The molecule has 0 spiro atoms. The van der Waals surface area contributed by atoms with Crippen LogP contribution in [0.4, 0.5) is 15.8 Å². The molecule has 3 N–H and O–H groups in total. The van der Waals surface area contributed by atoms with Crippen LogP contribution in [-0.2, 0) is 0 Å². The Balaban J connectivity index is 1.58. The Morgan fingerprint density at radius 2 is 2.00 bits per heavy atom. The fourth-order valence-electron chi connectivity index (χ4n) is 3.97. The highest BCUT2D eigenvalue weighted by molar-refractivity contribution is 5.95. The largest absolute Gasteiger partial charge is 0.396 e. The number of fused-ring (bicyclic) bond motifs is 1.